The van der Waals surface area contributed by atoms with Crippen molar-refractivity contribution in [3.63, 3.8) is 0 Å². The summed E-state index contributed by atoms with van der Waals surface area (Å²) in [6.07, 6.45) is 0.986. The minimum absolute atomic E-state index is 0.172. The molecule has 222 valence electrons. The molecule has 0 aliphatic heterocycles. The van der Waals surface area contributed by atoms with Crippen molar-refractivity contribution >= 4 is 11.9 Å². The summed E-state index contributed by atoms with van der Waals surface area (Å²) < 4.78 is 6.16. The van der Waals surface area contributed by atoms with Gasteiger partial charge < -0.3 is 42.4 Å². The summed E-state index contributed by atoms with van der Waals surface area (Å²) in [5, 5.41) is 31.4. The lowest BCUT2D eigenvalue weighted by atomic mass is 9.88. The van der Waals surface area contributed by atoms with Gasteiger partial charge in [0.2, 0.25) is 0 Å². The van der Waals surface area contributed by atoms with Gasteiger partial charge in [0.25, 0.3) is 5.91 Å². The molecule has 2 aromatic rings. The number of benzene rings is 2. The highest BCUT2D eigenvalue weighted by atomic mass is 16.5. The van der Waals surface area contributed by atoms with Crippen LogP contribution >= 0.6 is 0 Å². The molecule has 0 bridgehead atoms. The van der Waals surface area contributed by atoms with Crippen LogP contribution in [0, 0.1) is 0 Å². The molecule has 0 spiro atoms. The number of aliphatic hydroxyl groups excluding tert-OH is 1. The molecule has 0 saturated carbocycles. The van der Waals surface area contributed by atoms with Gasteiger partial charge in [-0.3, -0.25) is 14.9 Å². The van der Waals surface area contributed by atoms with Crippen LogP contribution in [0.25, 0.3) is 0 Å². The summed E-state index contributed by atoms with van der Waals surface area (Å²) >= 11 is 0. The molecule has 0 radical (unpaired) electrons. The lowest BCUT2D eigenvalue weighted by Crippen LogP contribution is -2.66. The standard InChI is InChI=1S/C29H46N6O5/c1-6-19(20-10-11-23(21(14-20)15-30)27(39)35-17-25(36)37)9-7-18-8-12-24(22(13-18)16-31)40-28(32-3)26(38)29(2,33-4)34-5/h8,10-14,19,26,28,32-34,38H,6-7,9,15-17,30-31H2,1-5H3,(H,35,39)(H,36,37). The normalized spacial score (nSPS) is 13.9. The van der Waals surface area contributed by atoms with Gasteiger partial charge in [0.15, 0.2) is 6.23 Å². The Morgan fingerprint density at radius 1 is 1.02 bits per heavy atom. The molecule has 0 aliphatic carbocycles. The van der Waals surface area contributed by atoms with Gasteiger partial charge in [-0.25, -0.2) is 0 Å². The smallest absolute Gasteiger partial charge is 0.322 e. The maximum Gasteiger partial charge on any atom is 0.322 e. The number of nitrogens with one attached hydrogen (secondary N) is 4. The third kappa shape index (κ3) is 8.47. The van der Waals surface area contributed by atoms with E-state index in [-0.39, 0.29) is 19.0 Å². The van der Waals surface area contributed by atoms with Crippen LogP contribution < -0.4 is 37.5 Å². The second-order valence-corrected chi connectivity index (χ2v) is 9.96. The van der Waals surface area contributed by atoms with Gasteiger partial charge in [-0.2, -0.15) is 0 Å². The Labute approximate surface area is 237 Å². The van der Waals surface area contributed by atoms with Gasteiger partial charge in [-0.15, -0.1) is 0 Å². The number of hydrogen-bond donors (Lipinski definition) is 8. The van der Waals surface area contributed by atoms with Crippen molar-refractivity contribution in [2.75, 3.05) is 27.7 Å². The van der Waals surface area contributed by atoms with Crippen LogP contribution in [-0.4, -0.2) is 67.8 Å². The minimum atomic E-state index is -1.10. The molecule has 0 aliphatic rings. The summed E-state index contributed by atoms with van der Waals surface area (Å²) in [6.45, 7) is 3.98. The summed E-state index contributed by atoms with van der Waals surface area (Å²) in [6, 6.07) is 11.5. The Morgan fingerprint density at radius 2 is 1.70 bits per heavy atom. The Kier molecular flexibility index (Phi) is 13.0. The monoisotopic (exact) mass is 558 g/mol. The summed E-state index contributed by atoms with van der Waals surface area (Å²) in [5.74, 6) is -0.708. The van der Waals surface area contributed by atoms with E-state index in [0.717, 1.165) is 36.0 Å². The highest BCUT2D eigenvalue weighted by Crippen LogP contribution is 2.29. The number of aliphatic carboxylic acids is 1. The van der Waals surface area contributed by atoms with Crippen LogP contribution in [0.2, 0.25) is 0 Å². The zero-order valence-electron chi connectivity index (χ0n) is 24.2. The summed E-state index contributed by atoms with van der Waals surface area (Å²) in [7, 11) is 5.26. The van der Waals surface area contributed by atoms with Crippen LogP contribution in [-0.2, 0) is 24.3 Å². The number of carboxylic acid groups (broad SMARTS) is 1. The molecule has 0 fully saturated rings. The minimum Gasteiger partial charge on any atom is -0.480 e. The Morgan fingerprint density at radius 3 is 2.25 bits per heavy atom. The van der Waals surface area contributed by atoms with Gasteiger partial charge in [0, 0.05) is 24.2 Å². The van der Waals surface area contributed by atoms with Crippen molar-refractivity contribution in [1.82, 2.24) is 21.3 Å². The van der Waals surface area contributed by atoms with E-state index in [4.69, 9.17) is 21.3 Å². The predicted octanol–water partition coefficient (Wildman–Crippen LogP) is 0.985. The highest BCUT2D eigenvalue weighted by molar-refractivity contribution is 5.97. The maximum absolute atomic E-state index is 12.4. The molecule has 3 atom stereocenters. The van der Waals surface area contributed by atoms with Crippen molar-refractivity contribution in [3.05, 3.63) is 64.2 Å². The molecule has 0 saturated heterocycles. The van der Waals surface area contributed by atoms with Gasteiger partial charge in [0.05, 0.1) is 5.66 Å². The van der Waals surface area contributed by atoms with Crippen molar-refractivity contribution in [1.29, 1.82) is 0 Å². The summed E-state index contributed by atoms with van der Waals surface area (Å²) in [4.78, 5) is 23.2. The van der Waals surface area contributed by atoms with E-state index in [1.165, 1.54) is 0 Å². The Balaban J connectivity index is 2.16. The zero-order chi connectivity index (χ0) is 29.9. The molecule has 1 amide bonds. The zero-order valence-corrected chi connectivity index (χ0v) is 24.2. The van der Waals surface area contributed by atoms with E-state index >= 15 is 0 Å². The number of ether oxygens (including phenoxy) is 1. The molecule has 0 aromatic heterocycles. The average Bonchev–Trinajstić information content (AvgIpc) is 2.98. The lowest BCUT2D eigenvalue weighted by Gasteiger charge is -2.38. The topological polar surface area (TPSA) is 184 Å². The number of aliphatic hydroxyl groups is 1. The largest absolute Gasteiger partial charge is 0.480 e. The van der Waals surface area contributed by atoms with Crippen LogP contribution in [0.3, 0.4) is 0 Å². The second kappa shape index (κ2) is 15.7. The van der Waals surface area contributed by atoms with Gasteiger partial charge >= 0.3 is 5.97 Å². The Hall–Kier alpha value is -3.06. The SMILES string of the molecule is CCC(CCc1ccc(OC(NC)C(O)C(C)(NC)NC)c(CN)c1)c1ccc(C(=O)NCC(=O)O)c(CN)c1. The van der Waals surface area contributed by atoms with Crippen molar-refractivity contribution in [2.45, 2.75) is 70.1 Å². The number of nitrogens with two attached hydrogens (primary N) is 2. The number of amides is 1. The molecule has 10 N–H and O–H groups in total. The van der Waals surface area contributed by atoms with E-state index in [1.54, 1.807) is 27.2 Å². The van der Waals surface area contributed by atoms with Crippen LogP contribution in [0.5, 0.6) is 5.75 Å². The van der Waals surface area contributed by atoms with Crippen molar-refractivity contribution in [2.24, 2.45) is 11.5 Å². The highest BCUT2D eigenvalue weighted by Gasteiger charge is 2.36. The first kappa shape index (κ1) is 33.1. The number of carbonyl (C=O) groups is 2. The van der Waals surface area contributed by atoms with E-state index in [1.807, 2.05) is 37.3 Å². The fraction of sp³-hybridized carbons (Fsp3) is 0.517. The molecule has 11 nitrogen and oxygen atoms in total. The fourth-order valence-electron chi connectivity index (χ4n) is 4.66. The molecule has 11 heteroatoms. The van der Waals surface area contributed by atoms with Gasteiger partial charge in [-0.05, 0) is 82.1 Å². The predicted molar refractivity (Wildman–Crippen MR) is 156 cm³/mol. The quantitative estimate of drug-likeness (QED) is 0.130. The summed E-state index contributed by atoms with van der Waals surface area (Å²) in [5.41, 5.74) is 15.3. The number of carboxylic acids is 1. The second-order valence-electron chi connectivity index (χ2n) is 9.96. The number of rotatable bonds is 17. The third-order valence-electron chi connectivity index (χ3n) is 7.54. The first-order valence-electron chi connectivity index (χ1n) is 13.6. The fourth-order valence-corrected chi connectivity index (χ4v) is 4.66. The lowest BCUT2D eigenvalue weighted by molar-refractivity contribution is -0.135. The average molecular weight is 559 g/mol. The molecular formula is C29H46N6O5. The number of aryl methyl sites for hydroxylation is 1. The van der Waals surface area contributed by atoms with E-state index < -0.39 is 36.4 Å². The molecule has 2 aromatic carbocycles. The van der Waals surface area contributed by atoms with E-state index in [0.29, 0.717) is 16.9 Å². The van der Waals surface area contributed by atoms with E-state index in [2.05, 4.69) is 28.2 Å². The van der Waals surface area contributed by atoms with E-state index in [9.17, 15) is 14.7 Å². The number of carbonyl (C=O) groups excluding carboxylic acids is 1. The maximum atomic E-state index is 12.4. The van der Waals surface area contributed by atoms with Crippen LogP contribution in [0.15, 0.2) is 36.4 Å². The van der Waals surface area contributed by atoms with Crippen molar-refractivity contribution < 1.29 is 24.5 Å². The van der Waals surface area contributed by atoms with Crippen molar-refractivity contribution in [3.8, 4) is 5.75 Å². The van der Waals surface area contributed by atoms with Gasteiger partial charge in [0.1, 0.15) is 18.4 Å². The first-order chi connectivity index (χ1) is 19.1. The number of hydrogen-bond acceptors (Lipinski definition) is 9. The molecule has 40 heavy (non-hydrogen) atoms. The molecular weight excluding hydrogens is 512 g/mol. The molecule has 0 heterocycles. The number of likely N-dealkylation sites (N-methyl/N-ethyl adjacent to an activating group) is 3. The molecule has 2 rings (SSSR count). The Bertz CT molecular complexity index is 1120. The third-order valence-corrected chi connectivity index (χ3v) is 7.54. The van der Waals surface area contributed by atoms with Crippen LogP contribution in [0.4, 0.5) is 0 Å². The van der Waals surface area contributed by atoms with Gasteiger partial charge in [-0.1, -0.05) is 31.2 Å². The molecule has 3 unspecified atom stereocenters. The van der Waals surface area contributed by atoms with Crippen LogP contribution in [0.1, 0.15) is 65.2 Å². The first-order valence-corrected chi connectivity index (χ1v) is 13.6.